The Hall–Kier alpha value is -3.00. The molecule has 2 aromatic rings. The van der Waals surface area contributed by atoms with Crippen molar-refractivity contribution >= 4 is 17.6 Å². The average molecular weight is 403 g/mol. The number of hydrogen-bond acceptors (Lipinski definition) is 4. The number of halogens is 2. The molecule has 1 fully saturated rings. The topological polar surface area (TPSA) is 71.9 Å². The van der Waals surface area contributed by atoms with E-state index in [9.17, 15) is 13.6 Å². The maximum Gasteiger partial charge on any atom is 0.258 e. The third kappa shape index (κ3) is 5.51. The Morgan fingerprint density at radius 1 is 1.24 bits per heavy atom. The number of nitrogens with zero attached hydrogens (tertiary/aromatic N) is 1. The highest BCUT2D eigenvalue weighted by molar-refractivity contribution is 6.10. The number of rotatable bonds is 5. The van der Waals surface area contributed by atoms with Crippen molar-refractivity contribution in [2.24, 2.45) is 4.99 Å². The van der Waals surface area contributed by atoms with E-state index in [1.54, 1.807) is 13.2 Å². The van der Waals surface area contributed by atoms with E-state index >= 15 is 0 Å². The van der Waals surface area contributed by atoms with Crippen LogP contribution in [0.3, 0.4) is 0 Å². The molecule has 1 aliphatic rings. The van der Waals surface area contributed by atoms with E-state index < -0.39 is 17.5 Å². The molecule has 2 aromatic carbocycles. The number of guanidine groups is 1. The number of benzene rings is 2. The van der Waals surface area contributed by atoms with Gasteiger partial charge < -0.3 is 14.8 Å². The van der Waals surface area contributed by atoms with Gasteiger partial charge in [0.2, 0.25) is 5.96 Å². The van der Waals surface area contributed by atoms with Crippen LogP contribution in [-0.2, 0) is 4.74 Å². The third-order valence-corrected chi connectivity index (χ3v) is 4.50. The first-order valence-corrected chi connectivity index (χ1v) is 9.30. The Bertz CT molecular complexity index is 912. The monoisotopic (exact) mass is 403 g/mol. The summed E-state index contributed by atoms with van der Waals surface area (Å²) in [5.74, 6) is -1.99. The van der Waals surface area contributed by atoms with Crippen LogP contribution in [0.2, 0.25) is 0 Å². The minimum Gasteiger partial charge on any atom is -0.495 e. The van der Waals surface area contributed by atoms with Crippen LogP contribution in [0.1, 0.15) is 28.8 Å². The van der Waals surface area contributed by atoms with Gasteiger partial charge in [0.1, 0.15) is 5.75 Å². The van der Waals surface area contributed by atoms with Crippen molar-refractivity contribution in [1.29, 1.82) is 0 Å². The molecule has 0 aromatic heterocycles. The molecule has 8 heteroatoms. The second-order valence-electron chi connectivity index (χ2n) is 6.74. The number of aryl methyl sites for hydroxylation is 1. The molecule has 1 atom stereocenters. The quantitative estimate of drug-likeness (QED) is 0.590. The molecule has 154 valence electrons. The molecule has 29 heavy (non-hydrogen) atoms. The fourth-order valence-corrected chi connectivity index (χ4v) is 2.96. The van der Waals surface area contributed by atoms with Gasteiger partial charge in [-0.2, -0.15) is 0 Å². The Morgan fingerprint density at radius 2 is 2.07 bits per heavy atom. The van der Waals surface area contributed by atoms with Gasteiger partial charge in [-0.1, -0.05) is 6.07 Å². The number of amides is 1. The largest absolute Gasteiger partial charge is 0.495 e. The summed E-state index contributed by atoms with van der Waals surface area (Å²) in [6, 6.07) is 8.50. The fraction of sp³-hybridized carbons (Fsp3) is 0.333. The van der Waals surface area contributed by atoms with Gasteiger partial charge in [-0.15, -0.1) is 0 Å². The van der Waals surface area contributed by atoms with Crippen LogP contribution in [0.25, 0.3) is 0 Å². The van der Waals surface area contributed by atoms with Crippen LogP contribution < -0.4 is 15.4 Å². The summed E-state index contributed by atoms with van der Waals surface area (Å²) in [5.41, 5.74) is 1.58. The van der Waals surface area contributed by atoms with Crippen LogP contribution in [0.15, 0.2) is 41.4 Å². The van der Waals surface area contributed by atoms with Crippen molar-refractivity contribution < 1.29 is 23.0 Å². The molecule has 1 heterocycles. The Balaban J connectivity index is 1.82. The van der Waals surface area contributed by atoms with E-state index in [1.165, 1.54) is 6.07 Å². The number of methoxy groups -OCH3 is 1. The second-order valence-corrected chi connectivity index (χ2v) is 6.74. The number of ether oxygens (including phenoxy) is 2. The SMILES string of the molecule is COc1ccc(C)cc1NC(=NCC1CCCO1)NC(=O)c1ccc(F)c(F)c1. The van der Waals surface area contributed by atoms with Gasteiger partial charge in [0.15, 0.2) is 11.6 Å². The molecule has 1 amide bonds. The lowest BCUT2D eigenvalue weighted by Crippen LogP contribution is -2.37. The van der Waals surface area contributed by atoms with Crippen LogP contribution in [0, 0.1) is 18.6 Å². The molecule has 0 bridgehead atoms. The van der Waals surface area contributed by atoms with Gasteiger partial charge in [0.05, 0.1) is 25.4 Å². The highest BCUT2D eigenvalue weighted by Crippen LogP contribution is 2.25. The predicted octanol–water partition coefficient (Wildman–Crippen LogP) is 3.66. The first-order chi connectivity index (χ1) is 14.0. The zero-order valence-corrected chi connectivity index (χ0v) is 16.3. The van der Waals surface area contributed by atoms with Gasteiger partial charge in [-0.05, 0) is 55.7 Å². The minimum absolute atomic E-state index is 0.0216. The lowest BCUT2D eigenvalue weighted by atomic mass is 10.2. The Labute approximate surface area is 167 Å². The lowest BCUT2D eigenvalue weighted by molar-refractivity contribution is 0.0975. The summed E-state index contributed by atoms with van der Waals surface area (Å²) in [5, 5.41) is 5.68. The van der Waals surface area contributed by atoms with Crippen molar-refractivity contribution in [2.45, 2.75) is 25.9 Å². The highest BCUT2D eigenvalue weighted by atomic mass is 19.2. The zero-order chi connectivity index (χ0) is 20.8. The van der Waals surface area contributed by atoms with Crippen molar-refractivity contribution in [3.05, 3.63) is 59.2 Å². The van der Waals surface area contributed by atoms with Crippen molar-refractivity contribution in [2.75, 3.05) is 25.6 Å². The number of nitrogens with one attached hydrogen (secondary N) is 2. The van der Waals surface area contributed by atoms with E-state index in [2.05, 4.69) is 15.6 Å². The Morgan fingerprint density at radius 3 is 2.76 bits per heavy atom. The first-order valence-electron chi connectivity index (χ1n) is 9.30. The molecular formula is C21H23F2N3O3. The van der Waals surface area contributed by atoms with Gasteiger partial charge in [-0.25, -0.2) is 13.8 Å². The summed E-state index contributed by atoms with van der Waals surface area (Å²) >= 11 is 0. The van der Waals surface area contributed by atoms with Crippen LogP contribution in [0.5, 0.6) is 5.75 Å². The molecule has 0 aliphatic carbocycles. The van der Waals surface area contributed by atoms with E-state index in [-0.39, 0.29) is 17.6 Å². The summed E-state index contributed by atoms with van der Waals surface area (Å²) in [6.07, 6.45) is 1.84. The smallest absolute Gasteiger partial charge is 0.258 e. The number of hydrogen-bond donors (Lipinski definition) is 2. The summed E-state index contributed by atoms with van der Waals surface area (Å²) in [4.78, 5) is 17.0. The van der Waals surface area contributed by atoms with Crippen LogP contribution >= 0.6 is 0 Å². The highest BCUT2D eigenvalue weighted by Gasteiger charge is 2.17. The zero-order valence-electron chi connectivity index (χ0n) is 16.3. The maximum absolute atomic E-state index is 13.5. The minimum atomic E-state index is -1.09. The van der Waals surface area contributed by atoms with Crippen LogP contribution in [0.4, 0.5) is 14.5 Å². The first kappa shape index (κ1) is 20.7. The van der Waals surface area contributed by atoms with Gasteiger partial charge in [-0.3, -0.25) is 10.1 Å². The normalized spacial score (nSPS) is 16.6. The fourth-order valence-electron chi connectivity index (χ4n) is 2.96. The molecular weight excluding hydrogens is 380 g/mol. The van der Waals surface area contributed by atoms with Crippen molar-refractivity contribution in [3.63, 3.8) is 0 Å². The number of aliphatic imine (C=N–C) groups is 1. The van der Waals surface area contributed by atoms with E-state index in [0.29, 0.717) is 24.6 Å². The third-order valence-electron chi connectivity index (χ3n) is 4.50. The van der Waals surface area contributed by atoms with Crippen molar-refractivity contribution in [3.8, 4) is 5.75 Å². The molecule has 3 rings (SSSR count). The molecule has 0 saturated carbocycles. The second kappa shape index (κ2) is 9.47. The van der Waals surface area contributed by atoms with Crippen molar-refractivity contribution in [1.82, 2.24) is 5.32 Å². The predicted molar refractivity (Wildman–Crippen MR) is 106 cm³/mol. The molecule has 2 N–H and O–H groups in total. The average Bonchev–Trinajstić information content (AvgIpc) is 3.22. The molecule has 0 spiro atoms. The van der Waals surface area contributed by atoms with Gasteiger partial charge >= 0.3 is 0 Å². The van der Waals surface area contributed by atoms with Gasteiger partial charge in [0, 0.05) is 12.2 Å². The van der Waals surface area contributed by atoms with E-state index in [1.807, 2.05) is 19.1 Å². The molecule has 1 unspecified atom stereocenters. The summed E-state index contributed by atoms with van der Waals surface area (Å²) in [7, 11) is 1.54. The maximum atomic E-state index is 13.5. The molecule has 1 aliphatic heterocycles. The molecule has 0 radical (unpaired) electrons. The number of carbonyl (C=O) groups is 1. The standard InChI is InChI=1S/C21H23F2N3O3/c1-13-5-8-19(28-2)18(10-13)25-21(24-12-15-4-3-9-29-15)26-20(27)14-6-7-16(22)17(23)11-14/h5-8,10-11,15H,3-4,9,12H2,1-2H3,(H2,24,25,26,27). The number of carbonyl (C=O) groups excluding carboxylic acids is 1. The molecule has 1 saturated heterocycles. The lowest BCUT2D eigenvalue weighted by Gasteiger charge is -2.16. The van der Waals surface area contributed by atoms with Gasteiger partial charge in [0.25, 0.3) is 5.91 Å². The molecule has 6 nitrogen and oxygen atoms in total. The van der Waals surface area contributed by atoms with E-state index in [4.69, 9.17) is 9.47 Å². The Kier molecular flexibility index (Phi) is 6.77. The number of anilines is 1. The summed E-state index contributed by atoms with van der Waals surface area (Å²) in [6.45, 7) is 2.97. The van der Waals surface area contributed by atoms with Crippen LogP contribution in [-0.4, -0.2) is 38.2 Å². The summed E-state index contributed by atoms with van der Waals surface area (Å²) < 4.78 is 37.6. The van der Waals surface area contributed by atoms with E-state index in [0.717, 1.165) is 30.5 Å².